The monoisotopic (exact) mass is 281 g/mol. The lowest BCUT2D eigenvalue weighted by Crippen LogP contribution is -2.59. The minimum absolute atomic E-state index is 0.639. The average molecular weight is 281 g/mol. The number of benzene rings is 1. The summed E-state index contributed by atoms with van der Waals surface area (Å²) in [4.78, 5) is 0. The van der Waals surface area contributed by atoms with Gasteiger partial charge >= 0.3 is 0 Å². The zero-order valence-corrected chi connectivity index (χ0v) is 12.9. The van der Waals surface area contributed by atoms with Crippen molar-refractivity contribution < 1.29 is 0 Å². The Kier molecular flexibility index (Phi) is 2.77. The van der Waals surface area contributed by atoms with E-state index in [4.69, 9.17) is 0 Å². The van der Waals surface area contributed by atoms with Gasteiger partial charge in [-0.25, -0.2) is 0 Å². The van der Waals surface area contributed by atoms with E-state index in [1.807, 2.05) is 0 Å². The predicted octanol–water partition coefficient (Wildman–Crippen LogP) is 4.21. The molecule has 1 aromatic rings. The van der Waals surface area contributed by atoms with Crippen molar-refractivity contribution in [1.82, 2.24) is 5.32 Å². The maximum atomic E-state index is 3.72. The van der Waals surface area contributed by atoms with Crippen molar-refractivity contribution in [2.75, 3.05) is 13.1 Å². The second-order valence-corrected chi connectivity index (χ2v) is 8.33. The Labute approximate surface area is 128 Å². The first-order chi connectivity index (χ1) is 10.4. The third-order valence-electron chi connectivity index (χ3n) is 7.59. The first-order valence-corrected chi connectivity index (χ1v) is 9.12. The van der Waals surface area contributed by atoms with E-state index in [9.17, 15) is 0 Å². The molecule has 1 unspecified atom stereocenters. The molecule has 6 rings (SSSR count). The van der Waals surface area contributed by atoms with E-state index in [1.165, 1.54) is 19.5 Å². The van der Waals surface area contributed by atoms with Gasteiger partial charge in [0.15, 0.2) is 0 Å². The summed E-state index contributed by atoms with van der Waals surface area (Å²) in [6.45, 7) is 2.47. The van der Waals surface area contributed by atoms with Gasteiger partial charge in [-0.15, -0.1) is 0 Å². The van der Waals surface area contributed by atoms with Crippen LogP contribution in [-0.4, -0.2) is 13.1 Å². The van der Waals surface area contributed by atoms with Crippen LogP contribution in [0.3, 0.4) is 0 Å². The zero-order valence-electron chi connectivity index (χ0n) is 12.9. The van der Waals surface area contributed by atoms with Gasteiger partial charge in [-0.05, 0) is 79.7 Å². The molecule has 21 heavy (non-hydrogen) atoms. The highest BCUT2D eigenvalue weighted by Crippen LogP contribution is 2.68. The molecule has 4 aliphatic carbocycles. The molecule has 1 aliphatic heterocycles. The van der Waals surface area contributed by atoms with Crippen molar-refractivity contribution in [3.8, 4) is 0 Å². The van der Waals surface area contributed by atoms with Gasteiger partial charge in [0.2, 0.25) is 0 Å². The number of rotatable bonds is 1. The van der Waals surface area contributed by atoms with Gasteiger partial charge in [-0.3, -0.25) is 0 Å². The van der Waals surface area contributed by atoms with E-state index in [0.29, 0.717) is 5.41 Å². The Bertz CT molecular complexity index is 492. The molecule has 1 heteroatoms. The Morgan fingerprint density at radius 1 is 0.857 bits per heavy atom. The fourth-order valence-corrected chi connectivity index (χ4v) is 7.07. The van der Waals surface area contributed by atoms with E-state index >= 15 is 0 Å². The minimum atomic E-state index is 0.639. The Morgan fingerprint density at radius 3 is 2.19 bits per heavy atom. The van der Waals surface area contributed by atoms with Crippen molar-refractivity contribution in [3.63, 3.8) is 0 Å². The van der Waals surface area contributed by atoms with Crippen molar-refractivity contribution in [1.29, 1.82) is 0 Å². The molecule has 1 heterocycles. The lowest BCUT2D eigenvalue weighted by Gasteiger charge is -2.65. The summed E-state index contributed by atoms with van der Waals surface area (Å²) in [7, 11) is 0. The van der Waals surface area contributed by atoms with Gasteiger partial charge in [0, 0.05) is 12.5 Å². The Morgan fingerprint density at radius 2 is 1.52 bits per heavy atom. The van der Waals surface area contributed by atoms with Crippen LogP contribution in [0, 0.1) is 29.1 Å². The second-order valence-electron chi connectivity index (χ2n) is 8.33. The molecule has 1 aromatic carbocycles. The Balaban J connectivity index is 1.58. The third-order valence-corrected chi connectivity index (χ3v) is 7.59. The second kappa shape index (κ2) is 4.59. The van der Waals surface area contributed by atoms with Crippen LogP contribution in [0.2, 0.25) is 0 Å². The lowest BCUT2D eigenvalue weighted by atomic mass is 9.40. The highest BCUT2D eigenvalue weighted by Gasteiger charge is 2.60. The van der Waals surface area contributed by atoms with Gasteiger partial charge in [-0.1, -0.05) is 30.3 Å². The number of hydrogen-bond acceptors (Lipinski definition) is 1. The number of piperidine rings is 1. The average Bonchev–Trinajstić information content (AvgIpc) is 2.53. The standard InChI is InChI=1S/C20H27N/c1-2-4-16(5-3-1)19-13-21-7-6-20(19)17-9-14-8-15(11-17)12-18(20)10-14/h1-5,14-15,17-19,21H,6-13H2. The minimum Gasteiger partial charge on any atom is -0.316 e. The SMILES string of the molecule is c1ccc(C2CNCCC23C2CC4CC(C2)CC3C4)cc1. The molecule has 1 nitrogen and oxygen atoms in total. The fraction of sp³-hybridized carbons (Fsp3) is 0.700. The van der Waals surface area contributed by atoms with Crippen molar-refractivity contribution in [2.45, 2.75) is 44.4 Å². The summed E-state index contributed by atoms with van der Waals surface area (Å²) in [5.41, 5.74) is 2.25. The van der Waals surface area contributed by atoms with Gasteiger partial charge < -0.3 is 5.32 Å². The maximum Gasteiger partial charge on any atom is 0.00257 e. The van der Waals surface area contributed by atoms with Crippen molar-refractivity contribution >= 4 is 0 Å². The van der Waals surface area contributed by atoms with Crippen LogP contribution >= 0.6 is 0 Å². The highest BCUT2D eigenvalue weighted by atomic mass is 14.9. The van der Waals surface area contributed by atoms with Gasteiger partial charge in [0.05, 0.1) is 0 Å². The molecular formula is C20H27N. The molecular weight excluding hydrogens is 254 g/mol. The summed E-state index contributed by atoms with van der Waals surface area (Å²) >= 11 is 0. The van der Waals surface area contributed by atoms with Crippen LogP contribution in [0.15, 0.2) is 30.3 Å². The normalized spacial score (nSPS) is 47.9. The highest BCUT2D eigenvalue weighted by molar-refractivity contribution is 5.27. The molecule has 1 atom stereocenters. The van der Waals surface area contributed by atoms with E-state index in [0.717, 1.165) is 29.6 Å². The molecule has 4 saturated carbocycles. The van der Waals surface area contributed by atoms with E-state index in [1.54, 1.807) is 37.7 Å². The summed E-state index contributed by atoms with van der Waals surface area (Å²) < 4.78 is 0. The predicted molar refractivity (Wildman–Crippen MR) is 86.1 cm³/mol. The van der Waals surface area contributed by atoms with Crippen molar-refractivity contribution in [3.05, 3.63) is 35.9 Å². The van der Waals surface area contributed by atoms with Crippen LogP contribution in [0.25, 0.3) is 0 Å². The molecule has 1 saturated heterocycles. The van der Waals surface area contributed by atoms with Crippen LogP contribution in [0.1, 0.15) is 50.0 Å². The summed E-state index contributed by atoms with van der Waals surface area (Å²) in [5, 5.41) is 3.72. The van der Waals surface area contributed by atoms with Crippen molar-refractivity contribution in [2.24, 2.45) is 29.1 Å². The van der Waals surface area contributed by atoms with E-state index < -0.39 is 0 Å². The molecule has 0 radical (unpaired) electrons. The smallest absolute Gasteiger partial charge is 0.00257 e. The number of nitrogens with one attached hydrogen (secondary N) is 1. The topological polar surface area (TPSA) is 12.0 Å². The van der Waals surface area contributed by atoms with Gasteiger partial charge in [-0.2, -0.15) is 0 Å². The molecule has 112 valence electrons. The zero-order chi connectivity index (χ0) is 13.9. The number of hydrogen-bond donors (Lipinski definition) is 1. The third kappa shape index (κ3) is 1.73. The summed E-state index contributed by atoms with van der Waals surface area (Å²) in [5.74, 6) is 5.00. The quantitative estimate of drug-likeness (QED) is 0.813. The van der Waals surface area contributed by atoms with Crippen LogP contribution in [-0.2, 0) is 0 Å². The molecule has 0 aromatic heterocycles. The van der Waals surface area contributed by atoms with E-state index in [2.05, 4.69) is 35.6 Å². The first-order valence-electron chi connectivity index (χ1n) is 9.12. The van der Waals surface area contributed by atoms with Crippen LogP contribution in [0.5, 0.6) is 0 Å². The molecule has 0 amide bonds. The maximum absolute atomic E-state index is 3.72. The van der Waals surface area contributed by atoms with Gasteiger partial charge in [0.1, 0.15) is 0 Å². The summed E-state index contributed by atoms with van der Waals surface area (Å²) in [6, 6.07) is 11.4. The molecule has 1 N–H and O–H groups in total. The van der Waals surface area contributed by atoms with Gasteiger partial charge in [0.25, 0.3) is 0 Å². The molecule has 4 bridgehead atoms. The lowest BCUT2D eigenvalue weighted by molar-refractivity contribution is -0.134. The Hall–Kier alpha value is -0.820. The van der Waals surface area contributed by atoms with Crippen LogP contribution in [0.4, 0.5) is 0 Å². The molecule has 5 aliphatic rings. The first kappa shape index (κ1) is 12.7. The van der Waals surface area contributed by atoms with E-state index in [-0.39, 0.29) is 0 Å². The molecule has 1 spiro atoms. The van der Waals surface area contributed by atoms with Crippen LogP contribution < -0.4 is 5.32 Å². The summed E-state index contributed by atoms with van der Waals surface area (Å²) in [6.07, 6.45) is 9.21. The fourth-order valence-electron chi connectivity index (χ4n) is 7.07. The molecule has 5 fully saturated rings. The largest absolute Gasteiger partial charge is 0.316 e.